The molecule has 1 heterocycles. The first kappa shape index (κ1) is 9.89. The van der Waals surface area contributed by atoms with Crippen LogP contribution in [0.25, 0.3) is 0 Å². The number of fused-ring (bicyclic) bond motifs is 1. The Morgan fingerprint density at radius 2 is 2.13 bits per heavy atom. The Morgan fingerprint density at radius 3 is 2.87 bits per heavy atom. The van der Waals surface area contributed by atoms with E-state index in [1.54, 1.807) is 0 Å². The fourth-order valence-corrected chi connectivity index (χ4v) is 1.90. The molecule has 0 spiro atoms. The van der Waals surface area contributed by atoms with Crippen molar-refractivity contribution in [1.29, 1.82) is 0 Å². The predicted molar refractivity (Wildman–Crippen MR) is 54.4 cm³/mol. The molecule has 5 nitrogen and oxygen atoms in total. The molecule has 15 heavy (non-hydrogen) atoms. The maximum atomic E-state index is 11.6. The van der Waals surface area contributed by atoms with Crippen LogP contribution in [0.1, 0.15) is 29.9 Å². The molecule has 0 saturated carbocycles. The number of aromatic amines is 1. The minimum atomic E-state index is -0.478. The minimum Gasteiger partial charge on any atom is -0.369 e. The van der Waals surface area contributed by atoms with Gasteiger partial charge >= 0.3 is 0 Å². The van der Waals surface area contributed by atoms with E-state index in [4.69, 9.17) is 5.73 Å². The van der Waals surface area contributed by atoms with E-state index in [9.17, 15) is 9.59 Å². The van der Waals surface area contributed by atoms with Crippen LogP contribution in [0.5, 0.6) is 0 Å². The van der Waals surface area contributed by atoms with Crippen molar-refractivity contribution in [2.45, 2.75) is 32.1 Å². The number of primary amides is 1. The number of nitrogens with zero attached hydrogens (tertiary/aromatic N) is 1. The van der Waals surface area contributed by atoms with Gasteiger partial charge in [-0.05, 0) is 25.7 Å². The maximum absolute atomic E-state index is 11.6. The average Bonchev–Trinajstić information content (AvgIpc) is 2.16. The second-order valence-corrected chi connectivity index (χ2v) is 3.79. The van der Waals surface area contributed by atoms with Gasteiger partial charge in [0.1, 0.15) is 5.82 Å². The van der Waals surface area contributed by atoms with E-state index >= 15 is 0 Å². The highest BCUT2D eigenvalue weighted by Crippen LogP contribution is 2.15. The number of aromatic nitrogens is 2. The van der Waals surface area contributed by atoms with Crippen LogP contribution >= 0.6 is 0 Å². The summed E-state index contributed by atoms with van der Waals surface area (Å²) in [7, 11) is 0. The van der Waals surface area contributed by atoms with Crippen molar-refractivity contribution < 1.29 is 4.79 Å². The molecule has 0 fully saturated rings. The molecular weight excluding hydrogens is 194 g/mol. The minimum absolute atomic E-state index is 0.00250. The fraction of sp³-hybridized carbons (Fsp3) is 0.500. The predicted octanol–water partition coefficient (Wildman–Crippen LogP) is -0.324. The zero-order valence-electron chi connectivity index (χ0n) is 8.38. The lowest BCUT2D eigenvalue weighted by Gasteiger charge is -2.13. The molecule has 1 aromatic rings. The first-order chi connectivity index (χ1) is 7.16. The zero-order chi connectivity index (χ0) is 10.8. The molecule has 3 N–H and O–H groups in total. The van der Waals surface area contributed by atoms with Crippen LogP contribution in [0.3, 0.4) is 0 Å². The first-order valence-electron chi connectivity index (χ1n) is 5.06. The molecule has 0 radical (unpaired) electrons. The molecule has 0 unspecified atom stereocenters. The maximum Gasteiger partial charge on any atom is 0.254 e. The second-order valence-electron chi connectivity index (χ2n) is 3.79. The fourth-order valence-electron chi connectivity index (χ4n) is 1.90. The Kier molecular flexibility index (Phi) is 2.53. The lowest BCUT2D eigenvalue weighted by molar-refractivity contribution is -0.117. The van der Waals surface area contributed by atoms with Crippen molar-refractivity contribution in [1.82, 2.24) is 9.97 Å². The van der Waals surface area contributed by atoms with E-state index in [1.807, 2.05) is 0 Å². The standard InChI is InChI=1S/C10H13N3O2/c11-8(14)5-9-12-7-4-2-1-3-6(7)10(15)13-9/h1-5H2,(H2,11,14)(H,12,13,15). The summed E-state index contributed by atoms with van der Waals surface area (Å²) in [6, 6.07) is 0. The Morgan fingerprint density at radius 1 is 1.40 bits per heavy atom. The normalized spacial score (nSPS) is 14.7. The largest absolute Gasteiger partial charge is 0.369 e. The third-order valence-electron chi connectivity index (χ3n) is 2.58. The molecule has 5 heteroatoms. The van der Waals surface area contributed by atoms with Gasteiger partial charge in [-0.3, -0.25) is 9.59 Å². The van der Waals surface area contributed by atoms with Crippen LogP contribution in [0.15, 0.2) is 4.79 Å². The van der Waals surface area contributed by atoms with E-state index in [-0.39, 0.29) is 12.0 Å². The number of H-pyrrole nitrogens is 1. The lowest BCUT2D eigenvalue weighted by atomic mass is 9.97. The Labute approximate surface area is 86.7 Å². The third kappa shape index (κ3) is 2.06. The Bertz CT molecular complexity index is 450. The van der Waals surface area contributed by atoms with Crippen LogP contribution in [0.2, 0.25) is 0 Å². The van der Waals surface area contributed by atoms with Crippen molar-refractivity contribution in [3.8, 4) is 0 Å². The summed E-state index contributed by atoms with van der Waals surface area (Å²) in [5.41, 5.74) is 6.54. The summed E-state index contributed by atoms with van der Waals surface area (Å²) in [6.45, 7) is 0. The molecule has 0 aliphatic heterocycles. The van der Waals surface area contributed by atoms with Gasteiger partial charge in [0, 0.05) is 5.56 Å². The van der Waals surface area contributed by atoms with Gasteiger partial charge in [0.05, 0.1) is 12.1 Å². The van der Waals surface area contributed by atoms with Gasteiger partial charge in [0.15, 0.2) is 0 Å². The monoisotopic (exact) mass is 207 g/mol. The van der Waals surface area contributed by atoms with Crippen LogP contribution in [0.4, 0.5) is 0 Å². The van der Waals surface area contributed by atoms with Crippen molar-refractivity contribution in [2.75, 3.05) is 0 Å². The molecule has 1 amide bonds. The van der Waals surface area contributed by atoms with Gasteiger partial charge in [-0.25, -0.2) is 4.98 Å². The summed E-state index contributed by atoms with van der Waals surface area (Å²) in [5.74, 6) is -0.0953. The highest BCUT2D eigenvalue weighted by Gasteiger charge is 2.15. The number of rotatable bonds is 2. The zero-order valence-corrected chi connectivity index (χ0v) is 8.38. The summed E-state index contributed by atoms with van der Waals surface area (Å²) >= 11 is 0. The molecule has 0 atom stereocenters. The molecule has 1 aliphatic carbocycles. The molecule has 0 aromatic carbocycles. The number of hydrogen-bond donors (Lipinski definition) is 2. The summed E-state index contributed by atoms with van der Waals surface area (Å²) in [6.07, 6.45) is 3.70. The number of nitrogens with two attached hydrogens (primary N) is 1. The first-order valence-corrected chi connectivity index (χ1v) is 5.06. The topological polar surface area (TPSA) is 88.8 Å². The van der Waals surface area contributed by atoms with E-state index < -0.39 is 5.91 Å². The summed E-state index contributed by atoms with van der Waals surface area (Å²) in [4.78, 5) is 29.2. The molecule has 1 aromatic heterocycles. The molecule has 0 saturated heterocycles. The smallest absolute Gasteiger partial charge is 0.254 e. The molecule has 2 rings (SSSR count). The van der Waals surface area contributed by atoms with E-state index in [1.165, 1.54) is 0 Å². The molecule has 1 aliphatic rings. The Hall–Kier alpha value is -1.65. The van der Waals surface area contributed by atoms with Gasteiger partial charge in [-0.2, -0.15) is 0 Å². The van der Waals surface area contributed by atoms with Gasteiger partial charge in [-0.15, -0.1) is 0 Å². The van der Waals surface area contributed by atoms with E-state index in [0.717, 1.165) is 36.9 Å². The third-order valence-corrected chi connectivity index (χ3v) is 2.58. The number of nitrogens with one attached hydrogen (secondary N) is 1. The van der Waals surface area contributed by atoms with Crippen molar-refractivity contribution in [2.24, 2.45) is 5.73 Å². The Balaban J connectivity index is 2.40. The lowest BCUT2D eigenvalue weighted by Crippen LogP contribution is -2.25. The van der Waals surface area contributed by atoms with E-state index in [0.29, 0.717) is 5.82 Å². The highest BCUT2D eigenvalue weighted by molar-refractivity contribution is 5.75. The highest BCUT2D eigenvalue weighted by atomic mass is 16.1. The van der Waals surface area contributed by atoms with Crippen LogP contribution < -0.4 is 11.3 Å². The number of carbonyl (C=O) groups is 1. The van der Waals surface area contributed by atoms with Gasteiger partial charge in [-0.1, -0.05) is 0 Å². The van der Waals surface area contributed by atoms with Gasteiger partial charge in [0.2, 0.25) is 5.91 Å². The number of aryl methyl sites for hydroxylation is 1. The SMILES string of the molecule is NC(=O)Cc1nc2c(c(=O)[nH]1)CCCC2. The van der Waals surface area contributed by atoms with Crippen molar-refractivity contribution in [3.63, 3.8) is 0 Å². The van der Waals surface area contributed by atoms with E-state index in [2.05, 4.69) is 9.97 Å². The summed E-state index contributed by atoms with van der Waals surface area (Å²) in [5, 5.41) is 0. The number of amides is 1. The number of carbonyl (C=O) groups excluding carboxylic acids is 1. The van der Waals surface area contributed by atoms with Crippen LogP contribution in [-0.2, 0) is 24.1 Å². The quantitative estimate of drug-likeness (QED) is 0.696. The molecule has 80 valence electrons. The second kappa shape index (κ2) is 3.84. The van der Waals surface area contributed by atoms with Crippen molar-refractivity contribution >= 4 is 5.91 Å². The van der Waals surface area contributed by atoms with Crippen LogP contribution in [-0.4, -0.2) is 15.9 Å². The molecule has 0 bridgehead atoms. The average molecular weight is 207 g/mol. The van der Waals surface area contributed by atoms with Crippen molar-refractivity contribution in [3.05, 3.63) is 27.4 Å². The van der Waals surface area contributed by atoms with Gasteiger partial charge < -0.3 is 10.7 Å². The summed E-state index contributed by atoms with van der Waals surface area (Å²) < 4.78 is 0. The molecular formula is C10H13N3O2. The van der Waals surface area contributed by atoms with Crippen LogP contribution in [0, 0.1) is 0 Å². The van der Waals surface area contributed by atoms with Gasteiger partial charge in [0.25, 0.3) is 5.56 Å². The number of hydrogen-bond acceptors (Lipinski definition) is 3.